The van der Waals surface area contributed by atoms with Crippen LogP contribution in [0.4, 0.5) is 16.8 Å². The number of carboxylic acid groups (broad SMARTS) is 1. The molecule has 4 heterocycles. The highest BCUT2D eigenvalue weighted by atomic mass is 32.1. The summed E-state index contributed by atoms with van der Waals surface area (Å²) in [4.78, 5) is 23.1. The summed E-state index contributed by atoms with van der Waals surface area (Å²) in [7, 11) is -1.17. The minimum absolute atomic E-state index is 0.0445. The number of hydrogen-bond donors (Lipinski definition) is 1. The van der Waals surface area contributed by atoms with E-state index in [0.29, 0.717) is 23.5 Å². The Balaban J connectivity index is 1.45. The molecule has 0 radical (unpaired) electrons. The Morgan fingerprint density at radius 2 is 2.08 bits per heavy atom. The fourth-order valence-electron chi connectivity index (χ4n) is 3.95. The van der Waals surface area contributed by atoms with Crippen LogP contribution in [-0.4, -0.2) is 52.0 Å². The lowest BCUT2D eigenvalue weighted by Gasteiger charge is -2.27. The molecule has 5 rings (SSSR count). The van der Waals surface area contributed by atoms with Crippen molar-refractivity contribution in [3.8, 4) is 0 Å². The van der Waals surface area contributed by atoms with Gasteiger partial charge < -0.3 is 14.7 Å². The van der Waals surface area contributed by atoms with Crippen LogP contribution in [0.15, 0.2) is 40.7 Å². The van der Waals surface area contributed by atoms with Crippen LogP contribution in [-0.2, 0) is 17.9 Å². The molecular weight excluding hydrogens is 513 g/mol. The number of hydrogen-bond acceptors (Lipinski definition) is 9. The summed E-state index contributed by atoms with van der Waals surface area (Å²) in [5, 5.41) is 20.3. The summed E-state index contributed by atoms with van der Waals surface area (Å²) >= 11 is 2.91. The first-order chi connectivity index (χ1) is 17.3. The first kappa shape index (κ1) is 24.7. The van der Waals surface area contributed by atoms with E-state index in [0.717, 1.165) is 52.6 Å². The highest BCUT2D eigenvalue weighted by Crippen LogP contribution is 2.34. The molecule has 12 heteroatoms. The third-order valence-electron chi connectivity index (χ3n) is 5.88. The lowest BCUT2D eigenvalue weighted by Crippen LogP contribution is -2.26. The Kier molecular flexibility index (Phi) is 7.02. The average Bonchev–Trinajstić information content (AvgIpc) is 3.46. The van der Waals surface area contributed by atoms with Crippen LogP contribution >= 0.6 is 22.7 Å². The van der Waals surface area contributed by atoms with Crippen molar-refractivity contribution in [1.82, 2.24) is 19.7 Å². The molecule has 9 nitrogen and oxygen atoms in total. The minimum atomic E-state index is -1.17. The standard InChI is InChI=1S/C24H28N6O3S2Si/c1-36(2,3)12-11-33-15-30-18-8-4-5-9-19(18)35-24(30)26-20-13-16-7-6-10-29(21(16)28-27-20)23-25-17(14-34-23)22(31)32/h4-5,8-9,13-14H,6-7,10-12,15H2,1-3H3,(H,31,32)/b26-24-. The van der Waals surface area contributed by atoms with Crippen LogP contribution in [0.1, 0.15) is 22.5 Å². The maximum atomic E-state index is 11.3. The van der Waals surface area contributed by atoms with Crippen molar-refractivity contribution in [3.05, 3.63) is 51.8 Å². The molecule has 4 aromatic rings. The van der Waals surface area contributed by atoms with Crippen LogP contribution in [0.2, 0.25) is 25.7 Å². The van der Waals surface area contributed by atoms with Crippen LogP contribution in [0, 0.1) is 0 Å². The number of ether oxygens (including phenoxy) is 1. The number of fused-ring (bicyclic) bond motifs is 2. The number of benzene rings is 1. The molecule has 3 aromatic heterocycles. The molecule has 0 atom stereocenters. The number of para-hydroxylation sites is 1. The summed E-state index contributed by atoms with van der Waals surface area (Å²) < 4.78 is 9.30. The molecule has 0 spiro atoms. The Bertz CT molecular complexity index is 1470. The van der Waals surface area contributed by atoms with Crippen molar-refractivity contribution >= 4 is 63.7 Å². The number of nitrogens with zero attached hydrogens (tertiary/aromatic N) is 6. The van der Waals surface area contributed by atoms with Crippen molar-refractivity contribution in [1.29, 1.82) is 0 Å². The summed E-state index contributed by atoms with van der Waals surface area (Å²) in [6, 6.07) is 11.3. The van der Waals surface area contributed by atoms with E-state index in [-0.39, 0.29) is 5.69 Å². The molecule has 0 unspecified atom stereocenters. The van der Waals surface area contributed by atoms with Gasteiger partial charge in [-0.05, 0) is 37.1 Å². The number of thiazole rings is 2. The highest BCUT2D eigenvalue weighted by Gasteiger charge is 2.24. The van der Waals surface area contributed by atoms with Crippen molar-refractivity contribution in [2.75, 3.05) is 18.1 Å². The predicted molar refractivity (Wildman–Crippen MR) is 146 cm³/mol. The van der Waals surface area contributed by atoms with Crippen LogP contribution in [0.25, 0.3) is 10.2 Å². The summed E-state index contributed by atoms with van der Waals surface area (Å²) in [5.41, 5.74) is 2.16. The molecule has 0 amide bonds. The average molecular weight is 541 g/mol. The monoisotopic (exact) mass is 540 g/mol. The zero-order valence-electron chi connectivity index (χ0n) is 20.5. The maximum absolute atomic E-state index is 11.3. The second-order valence-electron chi connectivity index (χ2n) is 9.87. The second kappa shape index (κ2) is 10.2. The van der Waals surface area contributed by atoms with E-state index in [4.69, 9.17) is 9.73 Å². The zero-order chi connectivity index (χ0) is 25.3. The number of aromatic nitrogens is 4. The topological polar surface area (TPSA) is 106 Å². The van der Waals surface area contributed by atoms with E-state index in [1.54, 1.807) is 16.7 Å². The lowest BCUT2D eigenvalue weighted by molar-refractivity contribution is 0.0691. The fourth-order valence-corrected chi connectivity index (χ4v) is 6.56. The van der Waals surface area contributed by atoms with E-state index >= 15 is 0 Å². The largest absolute Gasteiger partial charge is 0.476 e. The quantitative estimate of drug-likeness (QED) is 0.239. The zero-order valence-corrected chi connectivity index (χ0v) is 23.1. The van der Waals surface area contributed by atoms with E-state index in [9.17, 15) is 9.90 Å². The molecule has 0 saturated heterocycles. The Morgan fingerprint density at radius 3 is 2.86 bits per heavy atom. The van der Waals surface area contributed by atoms with Gasteiger partial charge in [-0.25, -0.2) is 9.78 Å². The minimum Gasteiger partial charge on any atom is -0.476 e. The molecule has 1 aromatic carbocycles. The Morgan fingerprint density at radius 1 is 1.25 bits per heavy atom. The number of carbonyl (C=O) groups is 1. The van der Waals surface area contributed by atoms with Gasteiger partial charge in [-0.2, -0.15) is 4.99 Å². The van der Waals surface area contributed by atoms with Crippen LogP contribution in [0.3, 0.4) is 0 Å². The first-order valence-electron chi connectivity index (χ1n) is 11.8. The van der Waals surface area contributed by atoms with E-state index in [1.807, 2.05) is 23.1 Å². The van der Waals surface area contributed by atoms with E-state index < -0.39 is 14.0 Å². The second-order valence-corrected chi connectivity index (χ2v) is 17.3. The number of carboxylic acids is 1. The number of rotatable bonds is 8. The van der Waals surface area contributed by atoms with Gasteiger partial charge in [0, 0.05) is 32.2 Å². The number of aromatic carboxylic acids is 1. The number of aryl methyl sites for hydroxylation is 1. The fraction of sp³-hybridized carbons (Fsp3) is 0.375. The first-order valence-corrected chi connectivity index (χ1v) is 17.2. The van der Waals surface area contributed by atoms with Gasteiger partial charge in [0.2, 0.25) is 0 Å². The van der Waals surface area contributed by atoms with Gasteiger partial charge >= 0.3 is 5.97 Å². The van der Waals surface area contributed by atoms with Gasteiger partial charge in [0.25, 0.3) is 0 Å². The summed E-state index contributed by atoms with van der Waals surface area (Å²) in [6.07, 6.45) is 1.77. The molecule has 0 fully saturated rings. The van der Waals surface area contributed by atoms with E-state index in [1.165, 1.54) is 11.3 Å². The molecule has 0 bridgehead atoms. The van der Waals surface area contributed by atoms with Gasteiger partial charge in [0.15, 0.2) is 27.3 Å². The molecule has 1 N–H and O–H groups in total. The van der Waals surface area contributed by atoms with Gasteiger partial charge in [-0.3, -0.25) is 4.57 Å². The third kappa shape index (κ3) is 5.41. The molecule has 0 saturated carbocycles. The van der Waals surface area contributed by atoms with Gasteiger partial charge in [0.05, 0.1) is 10.2 Å². The molecule has 1 aliphatic rings. The SMILES string of the molecule is C[Si](C)(C)CCOCn1/c(=N/c2cc3c(nn2)N(c2nc(C(=O)O)cs2)CCC3)sc2ccccc21. The smallest absolute Gasteiger partial charge is 0.355 e. The highest BCUT2D eigenvalue weighted by molar-refractivity contribution is 7.16. The molecule has 188 valence electrons. The van der Waals surface area contributed by atoms with E-state index in [2.05, 4.69) is 51.5 Å². The van der Waals surface area contributed by atoms with Gasteiger partial charge in [0.1, 0.15) is 6.73 Å². The van der Waals surface area contributed by atoms with Crippen molar-refractivity contribution < 1.29 is 14.6 Å². The Labute approximate surface area is 217 Å². The summed E-state index contributed by atoms with van der Waals surface area (Å²) in [6.45, 7) is 8.94. The maximum Gasteiger partial charge on any atom is 0.355 e. The predicted octanol–water partition coefficient (Wildman–Crippen LogP) is 5.28. The number of anilines is 2. The van der Waals surface area contributed by atoms with Crippen LogP contribution in [0.5, 0.6) is 0 Å². The Hall–Kier alpha value is -2.93. The summed E-state index contributed by atoms with van der Waals surface area (Å²) in [5.74, 6) is 0.227. The van der Waals surface area contributed by atoms with Crippen molar-refractivity contribution in [3.63, 3.8) is 0 Å². The van der Waals surface area contributed by atoms with Crippen molar-refractivity contribution in [2.45, 2.75) is 45.3 Å². The molecule has 1 aliphatic heterocycles. The molecular formula is C24H28N6O3S2Si. The van der Waals surface area contributed by atoms with Gasteiger partial charge in [-0.15, -0.1) is 21.5 Å². The lowest BCUT2D eigenvalue weighted by atomic mass is 10.1. The van der Waals surface area contributed by atoms with Crippen molar-refractivity contribution in [2.24, 2.45) is 4.99 Å². The normalized spacial score (nSPS) is 14.4. The molecule has 36 heavy (non-hydrogen) atoms. The van der Waals surface area contributed by atoms with Gasteiger partial charge in [-0.1, -0.05) is 43.1 Å². The van der Waals surface area contributed by atoms with Crippen LogP contribution < -0.4 is 9.70 Å². The molecule has 0 aliphatic carbocycles. The third-order valence-corrected chi connectivity index (χ3v) is 9.51.